The van der Waals surface area contributed by atoms with Gasteiger partial charge in [-0.3, -0.25) is 4.98 Å². The number of para-hydroxylation sites is 1. The number of aromatic nitrogens is 2. The highest BCUT2D eigenvalue weighted by atomic mass is 35.5. The molecule has 0 unspecified atom stereocenters. The topological polar surface area (TPSA) is 25.8 Å². The van der Waals surface area contributed by atoms with Crippen molar-refractivity contribution in [3.63, 3.8) is 0 Å². The minimum absolute atomic E-state index is 0.187. The van der Waals surface area contributed by atoms with E-state index in [1.54, 1.807) is 18.2 Å². The number of hydrogen-bond donors (Lipinski definition) is 0. The largest absolute Gasteiger partial charge is 0.256 e. The Balaban J connectivity index is 0.000000149. The predicted molar refractivity (Wildman–Crippen MR) is 104 cm³/mol. The second-order valence-electron chi connectivity index (χ2n) is 4.86. The smallest absolute Gasteiger partial charge is 0.149 e. The second-order valence-corrected chi connectivity index (χ2v) is 6.38. The first kappa shape index (κ1) is 17.2. The van der Waals surface area contributed by atoms with Crippen molar-refractivity contribution in [1.29, 1.82) is 0 Å². The van der Waals surface area contributed by atoms with Gasteiger partial charge in [-0.2, -0.15) is 0 Å². The molecule has 120 valence electrons. The van der Waals surface area contributed by atoms with Crippen LogP contribution in [-0.4, -0.2) is 9.97 Å². The molecule has 4 rings (SSSR count). The molecule has 0 aliphatic carbocycles. The molecule has 0 spiro atoms. The van der Waals surface area contributed by atoms with Crippen LogP contribution in [-0.2, 0) is 0 Å². The molecule has 0 N–H and O–H groups in total. The van der Waals surface area contributed by atoms with E-state index in [0.29, 0.717) is 20.9 Å². The second kappa shape index (κ2) is 7.54. The van der Waals surface area contributed by atoms with Gasteiger partial charge in [0.1, 0.15) is 5.15 Å². The maximum Gasteiger partial charge on any atom is 0.149 e. The van der Waals surface area contributed by atoms with Crippen molar-refractivity contribution in [3.8, 4) is 0 Å². The van der Waals surface area contributed by atoms with Crippen molar-refractivity contribution in [2.24, 2.45) is 0 Å². The number of nitrogens with zero attached hydrogens (tertiary/aromatic N) is 2. The average Bonchev–Trinajstić information content (AvgIpc) is 2.60. The van der Waals surface area contributed by atoms with Gasteiger partial charge in [0.15, 0.2) is 0 Å². The molecule has 2 nitrogen and oxygen atoms in total. The normalized spacial score (nSPS) is 10.5. The maximum absolute atomic E-state index is 6.00. The summed E-state index contributed by atoms with van der Waals surface area (Å²) in [4.78, 5) is 8.24. The first-order valence-corrected chi connectivity index (χ1v) is 8.47. The van der Waals surface area contributed by atoms with E-state index in [4.69, 9.17) is 46.4 Å². The van der Waals surface area contributed by atoms with Crippen LogP contribution in [0.5, 0.6) is 0 Å². The van der Waals surface area contributed by atoms with Gasteiger partial charge in [0, 0.05) is 17.0 Å². The average molecular weight is 396 g/mol. The van der Waals surface area contributed by atoms with Crippen molar-refractivity contribution in [2.45, 2.75) is 0 Å². The molecule has 0 radical (unpaired) electrons. The van der Waals surface area contributed by atoms with Crippen LogP contribution >= 0.6 is 46.4 Å². The van der Waals surface area contributed by atoms with E-state index in [-0.39, 0.29) is 10.2 Å². The zero-order valence-electron chi connectivity index (χ0n) is 12.2. The molecule has 2 aromatic carbocycles. The van der Waals surface area contributed by atoms with Gasteiger partial charge >= 0.3 is 0 Å². The maximum atomic E-state index is 6.00. The molecule has 2 heterocycles. The summed E-state index contributed by atoms with van der Waals surface area (Å²) in [6.07, 6.45) is 1.81. The lowest BCUT2D eigenvalue weighted by Gasteiger charge is -2.05. The lowest BCUT2D eigenvalue weighted by molar-refractivity contribution is 1.41. The van der Waals surface area contributed by atoms with E-state index in [1.807, 2.05) is 30.5 Å². The number of hydrogen-bond acceptors (Lipinski definition) is 2. The molecule has 0 saturated heterocycles. The summed E-state index contributed by atoms with van der Waals surface area (Å²) >= 11 is 23.6. The first-order valence-electron chi connectivity index (χ1n) is 6.96. The molecule has 24 heavy (non-hydrogen) atoms. The SMILES string of the molecule is Clc1nc2cccc(Cl)c2c(Cl)c1Cl.c1ccc2ncccc2c1. The summed E-state index contributed by atoms with van der Waals surface area (Å²) in [5.74, 6) is 0. The number of rotatable bonds is 0. The Morgan fingerprint density at radius 3 is 2.17 bits per heavy atom. The van der Waals surface area contributed by atoms with Crippen LogP contribution in [0, 0.1) is 0 Å². The van der Waals surface area contributed by atoms with Crippen LogP contribution in [0.4, 0.5) is 0 Å². The molecule has 0 amide bonds. The molecule has 0 atom stereocenters. The Kier molecular flexibility index (Phi) is 5.42. The van der Waals surface area contributed by atoms with Crippen LogP contribution in [0.2, 0.25) is 20.2 Å². The molecule has 0 aliphatic heterocycles. The number of benzene rings is 2. The summed E-state index contributed by atoms with van der Waals surface area (Å²) in [5.41, 5.74) is 1.70. The highest BCUT2D eigenvalue weighted by Gasteiger charge is 2.12. The van der Waals surface area contributed by atoms with Gasteiger partial charge in [-0.25, -0.2) is 4.98 Å². The fourth-order valence-electron chi connectivity index (χ4n) is 2.19. The van der Waals surface area contributed by atoms with Gasteiger partial charge in [0.05, 0.1) is 26.1 Å². The van der Waals surface area contributed by atoms with Gasteiger partial charge in [-0.1, -0.05) is 76.7 Å². The Morgan fingerprint density at radius 1 is 0.667 bits per heavy atom. The Hall–Kier alpha value is -1.58. The zero-order chi connectivity index (χ0) is 17.1. The van der Waals surface area contributed by atoms with Crippen molar-refractivity contribution < 1.29 is 0 Å². The van der Waals surface area contributed by atoms with E-state index >= 15 is 0 Å². The van der Waals surface area contributed by atoms with E-state index in [9.17, 15) is 0 Å². The van der Waals surface area contributed by atoms with Crippen molar-refractivity contribution in [3.05, 3.63) is 81.0 Å². The minimum atomic E-state index is 0.187. The third kappa shape index (κ3) is 3.57. The van der Waals surface area contributed by atoms with Gasteiger partial charge in [0.2, 0.25) is 0 Å². The number of halogens is 4. The highest BCUT2D eigenvalue weighted by Crippen LogP contribution is 2.37. The molecular weight excluding hydrogens is 386 g/mol. The zero-order valence-corrected chi connectivity index (χ0v) is 15.2. The molecular formula is C18H10Cl4N2. The fraction of sp³-hybridized carbons (Fsp3) is 0. The Bertz CT molecular complexity index is 953. The van der Waals surface area contributed by atoms with Gasteiger partial charge in [-0.15, -0.1) is 0 Å². The van der Waals surface area contributed by atoms with E-state index in [0.717, 1.165) is 5.52 Å². The third-order valence-corrected chi connectivity index (χ3v) is 4.84. The van der Waals surface area contributed by atoms with Gasteiger partial charge in [-0.05, 0) is 24.3 Å². The summed E-state index contributed by atoms with van der Waals surface area (Å²) in [6, 6.07) is 17.4. The lowest BCUT2D eigenvalue weighted by atomic mass is 10.2. The molecule has 2 aromatic heterocycles. The summed E-state index contributed by atoms with van der Waals surface area (Å²) < 4.78 is 0. The van der Waals surface area contributed by atoms with E-state index in [1.165, 1.54) is 5.39 Å². The monoisotopic (exact) mass is 394 g/mol. The Morgan fingerprint density at radius 2 is 1.38 bits per heavy atom. The van der Waals surface area contributed by atoms with Crippen molar-refractivity contribution >= 4 is 68.2 Å². The van der Waals surface area contributed by atoms with Crippen molar-refractivity contribution in [1.82, 2.24) is 9.97 Å². The standard InChI is InChI=1S/C9H3Cl4N.C9H7N/c10-4-2-1-3-5-6(4)7(11)8(12)9(13)14-5;1-2-6-9-8(4-1)5-3-7-10-9/h1-3H;1-7H. The quantitative estimate of drug-likeness (QED) is 0.297. The van der Waals surface area contributed by atoms with Crippen molar-refractivity contribution in [2.75, 3.05) is 0 Å². The van der Waals surface area contributed by atoms with E-state index in [2.05, 4.69) is 22.1 Å². The predicted octanol–water partition coefficient (Wildman–Crippen LogP) is 7.08. The first-order chi connectivity index (χ1) is 11.6. The Labute approximate surface area is 159 Å². The van der Waals surface area contributed by atoms with E-state index < -0.39 is 0 Å². The molecule has 0 bridgehead atoms. The van der Waals surface area contributed by atoms with Gasteiger partial charge < -0.3 is 0 Å². The minimum Gasteiger partial charge on any atom is -0.256 e. The molecule has 0 saturated carbocycles. The van der Waals surface area contributed by atoms with Crippen LogP contribution in [0.15, 0.2) is 60.8 Å². The lowest BCUT2D eigenvalue weighted by Crippen LogP contribution is -1.84. The van der Waals surface area contributed by atoms with Crippen LogP contribution < -0.4 is 0 Å². The summed E-state index contributed by atoms with van der Waals surface area (Å²) in [7, 11) is 0. The molecule has 6 heteroatoms. The van der Waals surface area contributed by atoms with Crippen LogP contribution in [0.3, 0.4) is 0 Å². The molecule has 0 aliphatic rings. The summed E-state index contributed by atoms with van der Waals surface area (Å²) in [6.45, 7) is 0. The molecule has 0 fully saturated rings. The molecule has 4 aromatic rings. The van der Waals surface area contributed by atoms with Gasteiger partial charge in [0.25, 0.3) is 0 Å². The summed E-state index contributed by atoms with van der Waals surface area (Å²) in [5, 5.41) is 3.10. The highest BCUT2D eigenvalue weighted by molar-refractivity contribution is 6.51. The number of pyridine rings is 2. The fourth-order valence-corrected chi connectivity index (χ4v) is 3.17. The third-order valence-electron chi connectivity index (χ3n) is 3.32. The van der Waals surface area contributed by atoms with Crippen LogP contribution in [0.1, 0.15) is 0 Å². The number of fused-ring (bicyclic) bond motifs is 2. The van der Waals surface area contributed by atoms with Crippen LogP contribution in [0.25, 0.3) is 21.8 Å².